The molecule has 0 aromatic carbocycles. The fourth-order valence-corrected chi connectivity index (χ4v) is 6.35. The van der Waals surface area contributed by atoms with Crippen LogP contribution in [0.3, 0.4) is 0 Å². The van der Waals surface area contributed by atoms with Gasteiger partial charge in [0.2, 0.25) is 20.0 Å². The monoisotopic (exact) mass is 576 g/mol. The second kappa shape index (κ2) is 11.1. The number of rotatable bonds is 7. The molecule has 0 aliphatic carbocycles. The number of nitrogens with one attached hydrogen (secondary N) is 1. The maximum atomic E-state index is 12.6. The minimum absolute atomic E-state index is 0. The van der Waals surface area contributed by atoms with Crippen LogP contribution in [-0.2, 0) is 25.8 Å². The van der Waals surface area contributed by atoms with Crippen molar-refractivity contribution in [3.8, 4) is 0 Å². The molecule has 3 rings (SSSR count). The Balaban J connectivity index is 0.00000320. The van der Waals surface area contributed by atoms with Gasteiger partial charge in [-0.25, -0.2) is 21.1 Å². The summed E-state index contributed by atoms with van der Waals surface area (Å²) in [5.74, 6) is 0.710. The first-order chi connectivity index (χ1) is 13.8. The molecule has 0 spiro atoms. The van der Waals surface area contributed by atoms with Crippen LogP contribution in [0.1, 0.15) is 19.0 Å². The Kier molecular flexibility index (Phi) is 9.32. The Bertz CT molecular complexity index is 899. The number of hydrogen-bond donors (Lipinski definition) is 1. The van der Waals surface area contributed by atoms with Crippen molar-refractivity contribution < 1.29 is 21.4 Å². The van der Waals surface area contributed by atoms with Crippen molar-refractivity contribution in [3.05, 3.63) is 18.0 Å². The van der Waals surface area contributed by atoms with Crippen molar-refractivity contribution in [3.63, 3.8) is 0 Å². The number of aromatic nitrogens is 1. The molecule has 14 heteroatoms. The number of hydrogen-bond acceptors (Lipinski definition) is 7. The van der Waals surface area contributed by atoms with Crippen molar-refractivity contribution in [1.29, 1.82) is 0 Å². The zero-order valence-corrected chi connectivity index (χ0v) is 20.9. The third kappa shape index (κ3) is 6.51. The average Bonchev–Trinajstić information content (AvgIpc) is 3.30. The molecule has 0 radical (unpaired) electrons. The van der Waals surface area contributed by atoms with E-state index in [0.717, 1.165) is 0 Å². The van der Waals surface area contributed by atoms with Crippen LogP contribution >= 0.6 is 24.0 Å². The largest absolute Gasteiger partial charge is 0.364 e. The van der Waals surface area contributed by atoms with Gasteiger partial charge in [0.05, 0.1) is 18.0 Å². The van der Waals surface area contributed by atoms with Crippen molar-refractivity contribution >= 4 is 50.0 Å². The molecule has 1 aromatic rings. The lowest BCUT2D eigenvalue weighted by Gasteiger charge is -2.35. The molecule has 2 aliphatic heterocycles. The molecule has 0 bridgehead atoms. The van der Waals surface area contributed by atoms with Gasteiger partial charge in [0, 0.05) is 51.9 Å². The summed E-state index contributed by atoms with van der Waals surface area (Å²) in [5.41, 5.74) is 0.388. The summed E-state index contributed by atoms with van der Waals surface area (Å²) in [6.45, 7) is 5.63. The average molecular weight is 576 g/mol. The normalized spacial score (nSPS) is 20.8. The van der Waals surface area contributed by atoms with Gasteiger partial charge in [-0.05, 0) is 13.3 Å². The van der Waals surface area contributed by atoms with E-state index < -0.39 is 20.0 Å². The Morgan fingerprint density at radius 1 is 1.27 bits per heavy atom. The lowest BCUT2D eigenvalue weighted by molar-refractivity contribution is 0.259. The van der Waals surface area contributed by atoms with E-state index in [9.17, 15) is 16.8 Å². The fourth-order valence-electron chi connectivity index (χ4n) is 3.40. The molecule has 0 saturated carbocycles. The van der Waals surface area contributed by atoms with Crippen molar-refractivity contribution in [2.75, 3.05) is 58.1 Å². The summed E-state index contributed by atoms with van der Waals surface area (Å²) < 4.78 is 56.5. The van der Waals surface area contributed by atoms with E-state index in [1.165, 1.54) is 14.9 Å². The summed E-state index contributed by atoms with van der Waals surface area (Å²) in [4.78, 5) is 6.55. The Hall–Kier alpha value is -0.970. The predicted molar refractivity (Wildman–Crippen MR) is 124 cm³/mol. The molecule has 172 valence electrons. The standard InChI is InChI=1S/C16H28N6O5S2.HI/c1-2-17-16(18-5-7-21-6-3-13-28(21,23)24)20-8-10-22(11-9-20)29(25,26)14-15-4-12-27-19-15;/h4,12H,2-3,5-11,13-14H2,1H3,(H,17,18);1H. The fraction of sp³-hybridized carbons (Fsp3) is 0.750. The van der Waals surface area contributed by atoms with Crippen LogP contribution in [0.2, 0.25) is 0 Å². The Morgan fingerprint density at radius 3 is 2.57 bits per heavy atom. The number of piperazine rings is 1. The van der Waals surface area contributed by atoms with E-state index >= 15 is 0 Å². The lowest BCUT2D eigenvalue weighted by atomic mass is 10.4. The molecule has 2 fully saturated rings. The van der Waals surface area contributed by atoms with E-state index in [-0.39, 0.29) is 35.5 Å². The summed E-state index contributed by atoms with van der Waals surface area (Å²) in [6, 6.07) is 1.55. The van der Waals surface area contributed by atoms with Crippen LogP contribution in [0.15, 0.2) is 21.8 Å². The topological polar surface area (TPSA) is 128 Å². The summed E-state index contributed by atoms with van der Waals surface area (Å²) >= 11 is 0. The van der Waals surface area contributed by atoms with Gasteiger partial charge in [-0.3, -0.25) is 4.99 Å². The van der Waals surface area contributed by atoms with Gasteiger partial charge in [-0.15, -0.1) is 24.0 Å². The first-order valence-electron chi connectivity index (χ1n) is 9.70. The third-order valence-corrected chi connectivity index (χ3v) is 8.67. The van der Waals surface area contributed by atoms with E-state index in [0.29, 0.717) is 70.4 Å². The smallest absolute Gasteiger partial charge is 0.220 e. The lowest BCUT2D eigenvalue weighted by Crippen LogP contribution is -2.54. The van der Waals surface area contributed by atoms with E-state index in [1.807, 2.05) is 11.8 Å². The Labute approximate surface area is 195 Å². The van der Waals surface area contributed by atoms with Crippen LogP contribution in [0.5, 0.6) is 0 Å². The second-order valence-electron chi connectivity index (χ2n) is 6.94. The molecule has 1 N–H and O–H groups in total. The number of nitrogens with zero attached hydrogens (tertiary/aromatic N) is 5. The molecular weight excluding hydrogens is 547 g/mol. The molecule has 30 heavy (non-hydrogen) atoms. The molecule has 2 aliphatic rings. The highest BCUT2D eigenvalue weighted by Crippen LogP contribution is 2.14. The van der Waals surface area contributed by atoms with Gasteiger partial charge in [-0.1, -0.05) is 5.16 Å². The van der Waals surface area contributed by atoms with Crippen LogP contribution in [0, 0.1) is 0 Å². The molecule has 0 amide bonds. The quantitative estimate of drug-likeness (QED) is 0.267. The maximum Gasteiger partial charge on any atom is 0.220 e. The number of aliphatic imine (C=N–C) groups is 1. The van der Waals surface area contributed by atoms with Gasteiger partial charge in [0.1, 0.15) is 12.0 Å². The zero-order valence-electron chi connectivity index (χ0n) is 16.9. The number of guanidine groups is 1. The predicted octanol–water partition coefficient (Wildman–Crippen LogP) is -0.259. The van der Waals surface area contributed by atoms with Crippen LogP contribution < -0.4 is 5.32 Å². The SMILES string of the molecule is CCNC(=NCCN1CCCS1(=O)=O)N1CCN(S(=O)(=O)Cc2ccon2)CC1.I. The zero-order chi connectivity index (χ0) is 20.9. The van der Waals surface area contributed by atoms with Crippen LogP contribution in [0.4, 0.5) is 0 Å². The van der Waals surface area contributed by atoms with Crippen molar-refractivity contribution in [2.45, 2.75) is 19.1 Å². The highest BCUT2D eigenvalue weighted by Gasteiger charge is 2.30. The maximum absolute atomic E-state index is 12.6. The van der Waals surface area contributed by atoms with Gasteiger partial charge >= 0.3 is 0 Å². The van der Waals surface area contributed by atoms with Crippen LogP contribution in [-0.4, -0.2) is 99.6 Å². The van der Waals surface area contributed by atoms with Gasteiger partial charge < -0.3 is 14.7 Å². The molecule has 0 atom stereocenters. The number of halogens is 1. The van der Waals surface area contributed by atoms with E-state index in [2.05, 4.69) is 15.5 Å². The van der Waals surface area contributed by atoms with Gasteiger partial charge in [0.15, 0.2) is 5.96 Å². The van der Waals surface area contributed by atoms with Crippen molar-refractivity contribution in [2.24, 2.45) is 4.99 Å². The first-order valence-corrected chi connectivity index (χ1v) is 12.9. The summed E-state index contributed by atoms with van der Waals surface area (Å²) in [7, 11) is -6.58. The Morgan fingerprint density at radius 2 is 2.00 bits per heavy atom. The van der Waals surface area contributed by atoms with Crippen molar-refractivity contribution in [1.82, 2.24) is 24.0 Å². The molecule has 0 unspecified atom stereocenters. The molecule has 11 nitrogen and oxygen atoms in total. The van der Waals surface area contributed by atoms with Gasteiger partial charge in [0.25, 0.3) is 0 Å². The molecule has 3 heterocycles. The van der Waals surface area contributed by atoms with E-state index in [4.69, 9.17) is 4.52 Å². The first kappa shape index (κ1) is 25.3. The second-order valence-corrected chi connectivity index (χ2v) is 11.0. The van der Waals surface area contributed by atoms with Gasteiger partial charge in [-0.2, -0.15) is 4.31 Å². The minimum Gasteiger partial charge on any atom is -0.364 e. The van der Waals surface area contributed by atoms with E-state index in [1.54, 1.807) is 6.07 Å². The molecular formula is C16H29IN6O5S2. The number of sulfonamides is 2. The highest BCUT2D eigenvalue weighted by molar-refractivity contribution is 14.0. The minimum atomic E-state index is -3.46. The van der Waals surface area contributed by atoms with Crippen LogP contribution in [0.25, 0.3) is 0 Å². The molecule has 2 saturated heterocycles. The summed E-state index contributed by atoms with van der Waals surface area (Å²) in [6.07, 6.45) is 2.02. The highest BCUT2D eigenvalue weighted by atomic mass is 127. The summed E-state index contributed by atoms with van der Waals surface area (Å²) in [5, 5.41) is 6.88. The molecule has 1 aromatic heterocycles. The third-order valence-electron chi connectivity index (χ3n) is 4.90.